The standard InChI is InChI=1S/C17H15Cl2N.C10H13ClO3S/c18-11-9-16(13-5-2-1-3-6-13)20-12-10-14-15(19)7-4-8-17(14)20;1-15(12,13)14-10(7-8-11)9-5-3-2-4-6-9/h1-8,10,12,16H,9,11H2;2-6,10H,7-8H2,1H3/t16-;10-/m01/s1. The highest BCUT2D eigenvalue weighted by Gasteiger charge is 2.17. The van der Waals surface area contributed by atoms with Gasteiger partial charge in [0.05, 0.1) is 17.8 Å². The Hall–Kier alpha value is -2.02. The molecular weight excluding hydrogens is 525 g/mol. The van der Waals surface area contributed by atoms with Crippen LogP contribution >= 0.6 is 34.8 Å². The van der Waals surface area contributed by atoms with E-state index < -0.39 is 16.2 Å². The van der Waals surface area contributed by atoms with E-state index in [0.29, 0.717) is 18.2 Å². The van der Waals surface area contributed by atoms with E-state index in [0.717, 1.165) is 34.2 Å². The lowest BCUT2D eigenvalue weighted by Crippen LogP contribution is -2.11. The van der Waals surface area contributed by atoms with Crippen LogP contribution in [-0.2, 0) is 14.3 Å². The monoisotopic (exact) mass is 551 g/mol. The minimum Gasteiger partial charge on any atom is -0.340 e. The van der Waals surface area contributed by atoms with Crippen LogP contribution < -0.4 is 0 Å². The molecule has 0 spiro atoms. The third-order valence-corrected chi connectivity index (χ3v) is 6.79. The summed E-state index contributed by atoms with van der Waals surface area (Å²) >= 11 is 17.9. The highest BCUT2D eigenvalue weighted by Crippen LogP contribution is 2.31. The molecule has 35 heavy (non-hydrogen) atoms. The number of fused-ring (bicyclic) bond motifs is 1. The summed E-state index contributed by atoms with van der Waals surface area (Å²) in [6.45, 7) is 0. The van der Waals surface area contributed by atoms with E-state index in [1.54, 1.807) is 0 Å². The van der Waals surface area contributed by atoms with E-state index >= 15 is 0 Å². The Morgan fingerprint density at radius 2 is 1.40 bits per heavy atom. The van der Waals surface area contributed by atoms with Crippen molar-refractivity contribution in [3.05, 3.63) is 107 Å². The lowest BCUT2D eigenvalue weighted by atomic mass is 10.0. The zero-order chi connectivity index (χ0) is 25.3. The Morgan fingerprint density at radius 1 is 0.800 bits per heavy atom. The van der Waals surface area contributed by atoms with Gasteiger partial charge in [-0.2, -0.15) is 8.42 Å². The molecule has 4 aromatic rings. The first-order valence-corrected chi connectivity index (χ1v) is 14.5. The van der Waals surface area contributed by atoms with Gasteiger partial charge in [0.1, 0.15) is 6.10 Å². The van der Waals surface area contributed by atoms with Crippen molar-refractivity contribution >= 4 is 55.8 Å². The maximum atomic E-state index is 11.0. The molecule has 186 valence electrons. The van der Waals surface area contributed by atoms with E-state index in [4.69, 9.17) is 39.0 Å². The maximum Gasteiger partial charge on any atom is 0.264 e. The summed E-state index contributed by atoms with van der Waals surface area (Å²) in [6.07, 6.45) is 4.01. The molecule has 2 atom stereocenters. The molecule has 1 heterocycles. The lowest BCUT2D eigenvalue weighted by molar-refractivity contribution is 0.212. The molecule has 0 unspecified atom stereocenters. The number of aromatic nitrogens is 1. The molecule has 4 nitrogen and oxygen atoms in total. The Kier molecular flexibility index (Phi) is 10.5. The molecule has 8 heteroatoms. The van der Waals surface area contributed by atoms with Crippen LogP contribution in [-0.4, -0.2) is 31.0 Å². The van der Waals surface area contributed by atoms with Gasteiger partial charge >= 0.3 is 0 Å². The van der Waals surface area contributed by atoms with Crippen molar-refractivity contribution in [1.29, 1.82) is 0 Å². The number of rotatable bonds is 9. The summed E-state index contributed by atoms with van der Waals surface area (Å²) < 4.78 is 29.3. The van der Waals surface area contributed by atoms with Crippen LogP contribution in [0, 0.1) is 0 Å². The molecule has 0 amide bonds. The molecule has 0 N–H and O–H groups in total. The van der Waals surface area contributed by atoms with E-state index in [-0.39, 0.29) is 6.04 Å². The van der Waals surface area contributed by atoms with Crippen LogP contribution in [0.5, 0.6) is 0 Å². The maximum absolute atomic E-state index is 11.0. The van der Waals surface area contributed by atoms with Gasteiger partial charge in [0, 0.05) is 28.4 Å². The first-order valence-electron chi connectivity index (χ1n) is 11.2. The normalized spacial score (nSPS) is 13.1. The molecule has 0 bridgehead atoms. The molecule has 0 aliphatic rings. The third-order valence-electron chi connectivity index (χ3n) is 5.45. The Bertz CT molecular complexity index is 1300. The SMILES string of the molecule is CS(=O)(=O)O[C@H](CCCl)c1ccccc1.ClCC[C@@H](c1ccccc1)n1ccc2c(Cl)cccc21. The van der Waals surface area contributed by atoms with Crippen LogP contribution in [0.15, 0.2) is 91.1 Å². The Balaban J connectivity index is 0.000000205. The molecule has 0 saturated carbocycles. The number of hydrogen-bond acceptors (Lipinski definition) is 3. The van der Waals surface area contributed by atoms with Gasteiger partial charge in [0.25, 0.3) is 10.1 Å². The highest BCUT2D eigenvalue weighted by molar-refractivity contribution is 7.86. The van der Waals surface area contributed by atoms with Crippen molar-refractivity contribution in [2.24, 2.45) is 0 Å². The largest absolute Gasteiger partial charge is 0.340 e. The summed E-state index contributed by atoms with van der Waals surface area (Å²) in [4.78, 5) is 0. The number of hydrogen-bond donors (Lipinski definition) is 0. The fourth-order valence-electron chi connectivity index (χ4n) is 3.92. The minimum atomic E-state index is -3.45. The second-order valence-corrected chi connectivity index (χ2v) is 10.7. The van der Waals surface area contributed by atoms with E-state index in [9.17, 15) is 8.42 Å². The highest BCUT2D eigenvalue weighted by atomic mass is 35.5. The number of benzene rings is 3. The Labute approximate surface area is 222 Å². The molecule has 0 saturated heterocycles. The van der Waals surface area contributed by atoms with Gasteiger partial charge in [0.15, 0.2) is 0 Å². The molecule has 0 radical (unpaired) electrons. The van der Waals surface area contributed by atoms with Crippen molar-refractivity contribution in [3.63, 3.8) is 0 Å². The summed E-state index contributed by atoms with van der Waals surface area (Å²) in [6, 6.07) is 28.0. The van der Waals surface area contributed by atoms with Crippen LogP contribution in [0.2, 0.25) is 5.02 Å². The molecular formula is C27H28Cl3NO3S. The van der Waals surface area contributed by atoms with Crippen molar-refractivity contribution in [3.8, 4) is 0 Å². The predicted octanol–water partition coefficient (Wildman–Crippen LogP) is 7.85. The fourth-order valence-corrected chi connectivity index (χ4v) is 5.18. The number of halogens is 3. The van der Waals surface area contributed by atoms with Gasteiger partial charge in [-0.1, -0.05) is 78.3 Å². The number of alkyl halides is 2. The Morgan fingerprint density at radius 3 is 1.97 bits per heavy atom. The molecule has 4 rings (SSSR count). The fraction of sp³-hybridized carbons (Fsp3) is 0.259. The molecule has 0 aliphatic heterocycles. The second-order valence-electron chi connectivity index (χ2n) is 7.98. The molecule has 0 fully saturated rings. The first-order chi connectivity index (χ1) is 16.8. The summed E-state index contributed by atoms with van der Waals surface area (Å²) in [5.41, 5.74) is 3.24. The molecule has 0 aliphatic carbocycles. The summed E-state index contributed by atoms with van der Waals surface area (Å²) in [5, 5.41) is 1.88. The van der Waals surface area contributed by atoms with Gasteiger partial charge < -0.3 is 4.57 Å². The van der Waals surface area contributed by atoms with Crippen molar-refractivity contribution in [1.82, 2.24) is 4.57 Å². The zero-order valence-electron chi connectivity index (χ0n) is 19.4. The average Bonchev–Trinajstić information content (AvgIpc) is 3.28. The summed E-state index contributed by atoms with van der Waals surface area (Å²) in [7, 11) is -3.45. The molecule has 1 aromatic heterocycles. The van der Waals surface area contributed by atoms with E-state index in [2.05, 4.69) is 47.2 Å². The van der Waals surface area contributed by atoms with Gasteiger partial charge in [-0.05, 0) is 42.2 Å². The smallest absolute Gasteiger partial charge is 0.264 e. The van der Waals surface area contributed by atoms with E-state index in [1.165, 1.54) is 5.56 Å². The van der Waals surface area contributed by atoms with Crippen LogP contribution in [0.1, 0.15) is 36.1 Å². The zero-order valence-corrected chi connectivity index (χ0v) is 22.4. The van der Waals surface area contributed by atoms with Crippen LogP contribution in [0.3, 0.4) is 0 Å². The second kappa shape index (κ2) is 13.3. The van der Waals surface area contributed by atoms with Crippen LogP contribution in [0.4, 0.5) is 0 Å². The lowest BCUT2D eigenvalue weighted by Gasteiger charge is -2.20. The van der Waals surface area contributed by atoms with Crippen molar-refractivity contribution in [2.45, 2.75) is 25.0 Å². The van der Waals surface area contributed by atoms with Gasteiger partial charge in [-0.3, -0.25) is 4.18 Å². The topological polar surface area (TPSA) is 48.3 Å². The van der Waals surface area contributed by atoms with Crippen molar-refractivity contribution in [2.75, 3.05) is 18.0 Å². The first kappa shape index (κ1) is 27.6. The van der Waals surface area contributed by atoms with Gasteiger partial charge in [-0.25, -0.2) is 0 Å². The molecule has 3 aromatic carbocycles. The minimum absolute atomic E-state index is 0.240. The summed E-state index contributed by atoms with van der Waals surface area (Å²) in [5.74, 6) is 0.981. The average molecular weight is 553 g/mol. The van der Waals surface area contributed by atoms with Gasteiger partial charge in [0.2, 0.25) is 0 Å². The van der Waals surface area contributed by atoms with Crippen LogP contribution in [0.25, 0.3) is 10.9 Å². The number of nitrogens with zero attached hydrogens (tertiary/aromatic N) is 1. The van der Waals surface area contributed by atoms with Crippen molar-refractivity contribution < 1.29 is 12.6 Å². The predicted molar refractivity (Wildman–Crippen MR) is 147 cm³/mol. The quantitative estimate of drug-likeness (QED) is 0.157. The third kappa shape index (κ3) is 7.99. The van der Waals surface area contributed by atoms with E-state index in [1.807, 2.05) is 48.5 Å². The van der Waals surface area contributed by atoms with Gasteiger partial charge in [-0.15, -0.1) is 23.2 Å².